The summed E-state index contributed by atoms with van der Waals surface area (Å²) < 4.78 is 5.32. The number of hydrogen-bond donors (Lipinski definition) is 2. The van der Waals surface area contributed by atoms with Crippen LogP contribution in [-0.2, 0) is 16.6 Å². The van der Waals surface area contributed by atoms with Gasteiger partial charge in [0.2, 0.25) is 0 Å². The summed E-state index contributed by atoms with van der Waals surface area (Å²) in [7, 11) is 0. The molecule has 1 unspecified atom stereocenters. The number of nitrogens with one attached hydrogen (secondary N) is 1. The van der Waals surface area contributed by atoms with Crippen LogP contribution in [0.4, 0.5) is 0 Å². The van der Waals surface area contributed by atoms with E-state index in [9.17, 15) is 5.11 Å². The van der Waals surface area contributed by atoms with Crippen molar-refractivity contribution >= 4 is 0 Å². The Hall–Kier alpha value is -0.900. The van der Waals surface area contributed by atoms with Gasteiger partial charge in [0.15, 0.2) is 0 Å². The lowest BCUT2D eigenvalue weighted by Gasteiger charge is -2.32. The van der Waals surface area contributed by atoms with E-state index in [1.807, 2.05) is 0 Å². The van der Waals surface area contributed by atoms with Gasteiger partial charge in [-0.3, -0.25) is 0 Å². The van der Waals surface area contributed by atoms with Gasteiger partial charge in [-0.25, -0.2) is 0 Å². The molecular weight excluding hydrogens is 286 g/mol. The van der Waals surface area contributed by atoms with Crippen LogP contribution >= 0.6 is 0 Å². The maximum Gasteiger partial charge on any atom is 0.0815 e. The second-order valence-corrected chi connectivity index (χ2v) is 8.22. The van der Waals surface area contributed by atoms with Crippen LogP contribution in [0.25, 0.3) is 0 Å². The highest BCUT2D eigenvalue weighted by Gasteiger charge is 2.29. The summed E-state index contributed by atoms with van der Waals surface area (Å²) in [6.45, 7) is 12.0. The van der Waals surface area contributed by atoms with Crippen LogP contribution in [0.1, 0.15) is 51.7 Å². The first-order valence-corrected chi connectivity index (χ1v) is 8.89. The largest absolute Gasteiger partial charge is 0.388 e. The topological polar surface area (TPSA) is 41.5 Å². The van der Waals surface area contributed by atoms with Crippen LogP contribution in [0.3, 0.4) is 0 Å². The highest BCUT2D eigenvalue weighted by molar-refractivity contribution is 5.27. The summed E-state index contributed by atoms with van der Waals surface area (Å²) in [5.41, 5.74) is 2.41. The molecule has 2 rings (SSSR count). The average Bonchev–Trinajstić information content (AvgIpc) is 2.47. The summed E-state index contributed by atoms with van der Waals surface area (Å²) in [6, 6.07) is 9.01. The second kappa shape index (κ2) is 7.78. The molecule has 0 radical (unpaired) electrons. The quantitative estimate of drug-likeness (QED) is 0.845. The number of benzene rings is 1. The van der Waals surface area contributed by atoms with Crippen LogP contribution in [0.2, 0.25) is 0 Å². The second-order valence-electron chi connectivity index (χ2n) is 8.22. The Balaban J connectivity index is 1.75. The van der Waals surface area contributed by atoms with Crippen molar-refractivity contribution in [2.45, 2.75) is 58.0 Å². The predicted molar refractivity (Wildman–Crippen MR) is 95.9 cm³/mol. The summed E-state index contributed by atoms with van der Waals surface area (Å²) in [4.78, 5) is 0. The first-order valence-electron chi connectivity index (χ1n) is 8.89. The van der Waals surface area contributed by atoms with Gasteiger partial charge in [0.1, 0.15) is 0 Å². The van der Waals surface area contributed by atoms with Gasteiger partial charge in [-0.15, -0.1) is 0 Å². The molecule has 0 saturated carbocycles. The van der Waals surface area contributed by atoms with Crippen molar-refractivity contribution in [1.82, 2.24) is 5.32 Å². The van der Waals surface area contributed by atoms with E-state index in [1.165, 1.54) is 11.1 Å². The molecular formula is C20H33NO2. The summed E-state index contributed by atoms with van der Waals surface area (Å²) in [6.07, 6.45) is 2.55. The highest BCUT2D eigenvalue weighted by Crippen LogP contribution is 2.23. The fourth-order valence-corrected chi connectivity index (χ4v) is 3.09. The van der Waals surface area contributed by atoms with Gasteiger partial charge < -0.3 is 15.2 Å². The van der Waals surface area contributed by atoms with Gasteiger partial charge in [0, 0.05) is 32.6 Å². The Morgan fingerprint density at radius 3 is 2.35 bits per heavy atom. The molecule has 1 aromatic carbocycles. The lowest BCUT2D eigenvalue weighted by atomic mass is 9.86. The molecule has 0 amide bonds. The zero-order chi connectivity index (χ0) is 16.9. The van der Waals surface area contributed by atoms with Gasteiger partial charge in [-0.1, -0.05) is 52.0 Å². The Morgan fingerprint density at radius 1 is 1.17 bits per heavy atom. The Labute approximate surface area is 141 Å². The molecule has 1 aromatic rings. The zero-order valence-corrected chi connectivity index (χ0v) is 15.2. The number of hydrogen-bond acceptors (Lipinski definition) is 3. The molecule has 1 aliphatic heterocycles. The Kier molecular flexibility index (Phi) is 6.24. The molecule has 23 heavy (non-hydrogen) atoms. The molecule has 0 spiro atoms. The lowest BCUT2D eigenvalue weighted by Crippen LogP contribution is -2.45. The molecule has 0 bridgehead atoms. The first-order chi connectivity index (χ1) is 10.8. The van der Waals surface area contributed by atoms with Crippen LogP contribution in [-0.4, -0.2) is 37.0 Å². The van der Waals surface area contributed by atoms with Crippen molar-refractivity contribution in [2.24, 2.45) is 5.92 Å². The third-order valence-electron chi connectivity index (χ3n) is 4.77. The zero-order valence-electron chi connectivity index (χ0n) is 15.2. The molecule has 1 saturated heterocycles. The molecule has 1 fully saturated rings. The van der Waals surface area contributed by atoms with Gasteiger partial charge in [-0.2, -0.15) is 0 Å². The predicted octanol–water partition coefficient (Wildman–Crippen LogP) is 3.29. The fourth-order valence-electron chi connectivity index (χ4n) is 3.09. The molecule has 3 nitrogen and oxygen atoms in total. The van der Waals surface area contributed by atoms with Gasteiger partial charge >= 0.3 is 0 Å². The van der Waals surface area contributed by atoms with Crippen molar-refractivity contribution in [3.63, 3.8) is 0 Å². The first kappa shape index (κ1) is 18.4. The summed E-state index contributed by atoms with van der Waals surface area (Å²) >= 11 is 0. The molecule has 1 aliphatic rings. The molecule has 1 atom stereocenters. The average molecular weight is 319 g/mol. The minimum absolute atomic E-state index is 0.213. The van der Waals surface area contributed by atoms with Crippen molar-refractivity contribution in [3.05, 3.63) is 35.4 Å². The number of aliphatic hydroxyl groups is 1. The fraction of sp³-hybridized carbons (Fsp3) is 0.700. The molecule has 2 N–H and O–H groups in total. The molecule has 1 heterocycles. The van der Waals surface area contributed by atoms with Gasteiger partial charge in [0.05, 0.1) is 5.60 Å². The smallest absolute Gasteiger partial charge is 0.0815 e. The lowest BCUT2D eigenvalue weighted by molar-refractivity contribution is -0.0617. The number of ether oxygens (including phenoxy) is 1. The Morgan fingerprint density at radius 2 is 1.78 bits per heavy atom. The van der Waals surface area contributed by atoms with E-state index in [4.69, 9.17) is 4.74 Å². The minimum Gasteiger partial charge on any atom is -0.388 e. The molecule has 0 aliphatic carbocycles. The number of rotatable bonds is 6. The third-order valence-corrected chi connectivity index (χ3v) is 4.77. The summed E-state index contributed by atoms with van der Waals surface area (Å²) in [5.74, 6) is 0.555. The van der Waals surface area contributed by atoms with E-state index in [2.05, 4.69) is 57.3 Å². The van der Waals surface area contributed by atoms with Crippen molar-refractivity contribution in [2.75, 3.05) is 26.3 Å². The SMILES string of the molecule is CC(CNCC1(O)CCOCC1)Cc1ccc(C(C)(C)C)cc1. The maximum atomic E-state index is 10.4. The van der Waals surface area contributed by atoms with Gasteiger partial charge in [-0.05, 0) is 35.4 Å². The maximum absolute atomic E-state index is 10.4. The molecule has 130 valence electrons. The van der Waals surface area contributed by atoms with Crippen LogP contribution in [0, 0.1) is 5.92 Å². The molecule has 3 heteroatoms. The van der Waals surface area contributed by atoms with E-state index in [1.54, 1.807) is 0 Å². The van der Waals surface area contributed by atoms with Crippen LogP contribution < -0.4 is 5.32 Å². The highest BCUT2D eigenvalue weighted by atomic mass is 16.5. The summed E-state index contributed by atoms with van der Waals surface area (Å²) in [5, 5.41) is 13.9. The minimum atomic E-state index is -0.577. The van der Waals surface area contributed by atoms with Crippen LogP contribution in [0.15, 0.2) is 24.3 Å². The van der Waals surface area contributed by atoms with E-state index >= 15 is 0 Å². The van der Waals surface area contributed by atoms with Crippen molar-refractivity contribution in [1.29, 1.82) is 0 Å². The van der Waals surface area contributed by atoms with Crippen LogP contribution in [0.5, 0.6) is 0 Å². The standard InChI is InChI=1S/C20H33NO2/c1-16(14-21-15-20(22)9-11-23-12-10-20)13-17-5-7-18(8-6-17)19(2,3)4/h5-8,16,21-22H,9-15H2,1-4H3. The van der Waals surface area contributed by atoms with Gasteiger partial charge in [0.25, 0.3) is 0 Å². The Bertz CT molecular complexity index is 469. The van der Waals surface area contributed by atoms with E-state index < -0.39 is 5.60 Å². The third kappa shape index (κ3) is 5.91. The van der Waals surface area contributed by atoms with Crippen molar-refractivity contribution in [3.8, 4) is 0 Å². The van der Waals surface area contributed by atoms with E-state index in [-0.39, 0.29) is 5.41 Å². The van der Waals surface area contributed by atoms with E-state index in [0.717, 1.165) is 25.8 Å². The van der Waals surface area contributed by atoms with E-state index in [0.29, 0.717) is 25.7 Å². The normalized spacial score (nSPS) is 19.5. The van der Waals surface area contributed by atoms with Crippen molar-refractivity contribution < 1.29 is 9.84 Å². The molecule has 0 aromatic heterocycles. The monoisotopic (exact) mass is 319 g/mol.